The van der Waals surface area contributed by atoms with E-state index in [0.717, 1.165) is 0 Å². The molecule has 0 bridgehead atoms. The fourth-order valence-electron chi connectivity index (χ4n) is 4.15. The quantitative estimate of drug-likeness (QED) is 0.509. The summed E-state index contributed by atoms with van der Waals surface area (Å²) in [6, 6.07) is 13.6. The number of carbonyl (C=O) groups excluding carboxylic acids is 2. The molecule has 2 heterocycles. The van der Waals surface area contributed by atoms with Gasteiger partial charge in [0.15, 0.2) is 0 Å². The second-order valence-electron chi connectivity index (χ2n) is 7.77. The molecular weight excluding hydrogens is 451 g/mol. The molecular formula is C24H22F3N3O4. The van der Waals surface area contributed by atoms with Crippen molar-refractivity contribution in [3.63, 3.8) is 0 Å². The molecule has 0 aliphatic carbocycles. The van der Waals surface area contributed by atoms with Crippen LogP contribution in [0.15, 0.2) is 54.6 Å². The highest BCUT2D eigenvalue weighted by molar-refractivity contribution is 5.99. The standard InChI is InChI=1S/C24H22F3N3O4/c1-28-22(32)15-7-5-14(6-8-15)21-19(16-3-2-4-18(11-16)34-24(25,26)27)12-20-23(33)29-13-17(9-10-31)30(20)21/h2-8,11-12,17,31H,9-10,13H2,1H3,(H,28,32)(H,29,33). The minimum absolute atomic E-state index is 0.114. The molecule has 1 atom stereocenters. The lowest BCUT2D eigenvalue weighted by Crippen LogP contribution is -2.39. The van der Waals surface area contributed by atoms with Gasteiger partial charge in [0.1, 0.15) is 11.4 Å². The van der Waals surface area contributed by atoms with Crippen molar-refractivity contribution in [2.24, 2.45) is 0 Å². The zero-order valence-corrected chi connectivity index (χ0v) is 18.1. The number of rotatable bonds is 6. The van der Waals surface area contributed by atoms with Crippen molar-refractivity contribution in [2.75, 3.05) is 20.2 Å². The average molecular weight is 473 g/mol. The van der Waals surface area contributed by atoms with Crippen LogP contribution < -0.4 is 15.4 Å². The van der Waals surface area contributed by atoms with Crippen LogP contribution in [0, 0.1) is 0 Å². The first-order chi connectivity index (χ1) is 16.2. The van der Waals surface area contributed by atoms with Gasteiger partial charge in [0.05, 0.1) is 11.7 Å². The molecule has 1 aliphatic heterocycles. The molecule has 0 spiro atoms. The number of aliphatic hydroxyl groups excluding tert-OH is 1. The highest BCUT2D eigenvalue weighted by atomic mass is 19.4. The smallest absolute Gasteiger partial charge is 0.406 e. The largest absolute Gasteiger partial charge is 0.573 e. The molecule has 0 radical (unpaired) electrons. The third-order valence-corrected chi connectivity index (χ3v) is 5.62. The number of amides is 2. The Kier molecular flexibility index (Phi) is 6.34. The summed E-state index contributed by atoms with van der Waals surface area (Å²) < 4.78 is 44.3. The van der Waals surface area contributed by atoms with Gasteiger partial charge in [-0.1, -0.05) is 24.3 Å². The van der Waals surface area contributed by atoms with Gasteiger partial charge in [-0.2, -0.15) is 0 Å². The van der Waals surface area contributed by atoms with E-state index >= 15 is 0 Å². The van der Waals surface area contributed by atoms with Crippen LogP contribution in [0.1, 0.15) is 33.3 Å². The van der Waals surface area contributed by atoms with Crippen LogP contribution in [0.2, 0.25) is 0 Å². The molecule has 34 heavy (non-hydrogen) atoms. The summed E-state index contributed by atoms with van der Waals surface area (Å²) in [5.74, 6) is -0.976. The number of benzene rings is 2. The highest BCUT2D eigenvalue weighted by Crippen LogP contribution is 2.40. The molecule has 1 aromatic heterocycles. The fourth-order valence-corrected chi connectivity index (χ4v) is 4.15. The number of alkyl halides is 3. The van der Waals surface area contributed by atoms with Gasteiger partial charge in [-0.25, -0.2) is 0 Å². The van der Waals surface area contributed by atoms with Crippen molar-refractivity contribution < 1.29 is 32.6 Å². The average Bonchev–Trinajstić information content (AvgIpc) is 3.21. The Bertz CT molecular complexity index is 1220. The van der Waals surface area contributed by atoms with Gasteiger partial charge >= 0.3 is 6.36 Å². The van der Waals surface area contributed by atoms with E-state index in [4.69, 9.17) is 0 Å². The monoisotopic (exact) mass is 473 g/mol. The Morgan fingerprint density at radius 2 is 1.91 bits per heavy atom. The van der Waals surface area contributed by atoms with Gasteiger partial charge in [-0.3, -0.25) is 9.59 Å². The van der Waals surface area contributed by atoms with Crippen LogP contribution in [0.25, 0.3) is 22.4 Å². The number of carbonyl (C=O) groups is 2. The SMILES string of the molecule is CNC(=O)c1ccc(-c2c(-c3cccc(OC(F)(F)F)c3)cc3n2C(CCO)CNC3=O)cc1. The van der Waals surface area contributed by atoms with Crippen molar-refractivity contribution in [3.05, 3.63) is 65.9 Å². The lowest BCUT2D eigenvalue weighted by molar-refractivity contribution is -0.274. The second-order valence-corrected chi connectivity index (χ2v) is 7.77. The molecule has 178 valence electrons. The molecule has 1 unspecified atom stereocenters. The molecule has 7 nitrogen and oxygen atoms in total. The molecule has 4 rings (SSSR count). The molecule has 10 heteroatoms. The number of fused-ring (bicyclic) bond motifs is 1. The zero-order chi connectivity index (χ0) is 24.5. The maximum Gasteiger partial charge on any atom is 0.573 e. The van der Waals surface area contributed by atoms with Crippen molar-refractivity contribution >= 4 is 11.8 Å². The number of nitrogens with one attached hydrogen (secondary N) is 2. The third-order valence-electron chi connectivity index (χ3n) is 5.62. The van der Waals surface area contributed by atoms with E-state index in [1.54, 1.807) is 41.0 Å². The lowest BCUT2D eigenvalue weighted by atomic mass is 9.99. The van der Waals surface area contributed by atoms with Crippen molar-refractivity contribution in [2.45, 2.75) is 18.8 Å². The Morgan fingerprint density at radius 1 is 1.18 bits per heavy atom. The van der Waals surface area contributed by atoms with E-state index in [1.165, 1.54) is 25.2 Å². The first-order valence-electron chi connectivity index (χ1n) is 10.5. The number of halogens is 3. The Balaban J connectivity index is 1.91. The van der Waals surface area contributed by atoms with Crippen LogP contribution in [0.5, 0.6) is 5.75 Å². The molecule has 0 saturated heterocycles. The van der Waals surface area contributed by atoms with Crippen LogP contribution >= 0.6 is 0 Å². The molecule has 0 saturated carbocycles. The zero-order valence-electron chi connectivity index (χ0n) is 18.1. The van der Waals surface area contributed by atoms with Gasteiger partial charge in [0.25, 0.3) is 11.8 Å². The fraction of sp³-hybridized carbons (Fsp3) is 0.250. The van der Waals surface area contributed by atoms with E-state index in [-0.39, 0.29) is 30.2 Å². The van der Waals surface area contributed by atoms with Crippen molar-refractivity contribution in [1.82, 2.24) is 15.2 Å². The van der Waals surface area contributed by atoms with Gasteiger partial charge in [0, 0.05) is 31.3 Å². The third kappa shape index (κ3) is 4.62. The van der Waals surface area contributed by atoms with Crippen LogP contribution in [0.4, 0.5) is 13.2 Å². The number of hydrogen-bond acceptors (Lipinski definition) is 4. The predicted octanol–water partition coefficient (Wildman–Crippen LogP) is 3.75. The summed E-state index contributed by atoms with van der Waals surface area (Å²) in [6.07, 6.45) is -4.48. The maximum absolute atomic E-state index is 12.8. The summed E-state index contributed by atoms with van der Waals surface area (Å²) in [5, 5.41) is 14.9. The number of aliphatic hydroxyl groups is 1. The molecule has 3 aromatic rings. The van der Waals surface area contributed by atoms with Crippen molar-refractivity contribution in [1.29, 1.82) is 0 Å². The van der Waals surface area contributed by atoms with Crippen LogP contribution in [-0.4, -0.2) is 48.0 Å². The van der Waals surface area contributed by atoms with Crippen LogP contribution in [-0.2, 0) is 0 Å². The van der Waals surface area contributed by atoms with E-state index in [9.17, 15) is 27.9 Å². The van der Waals surface area contributed by atoms with E-state index < -0.39 is 6.36 Å². The van der Waals surface area contributed by atoms with Crippen molar-refractivity contribution in [3.8, 4) is 28.1 Å². The predicted molar refractivity (Wildman–Crippen MR) is 118 cm³/mol. The normalized spacial score (nSPS) is 15.4. The van der Waals surface area contributed by atoms with E-state index in [2.05, 4.69) is 15.4 Å². The van der Waals surface area contributed by atoms with E-state index in [0.29, 0.717) is 46.6 Å². The second kappa shape index (κ2) is 9.22. The summed E-state index contributed by atoms with van der Waals surface area (Å²) in [5.41, 5.74) is 2.96. The first-order valence-corrected chi connectivity index (χ1v) is 10.5. The maximum atomic E-state index is 12.8. The van der Waals surface area contributed by atoms with Gasteiger partial charge in [0.2, 0.25) is 0 Å². The summed E-state index contributed by atoms with van der Waals surface area (Å²) in [6.45, 7) is 0.179. The molecule has 1 aliphatic rings. The molecule has 0 fully saturated rings. The summed E-state index contributed by atoms with van der Waals surface area (Å²) in [4.78, 5) is 24.6. The lowest BCUT2D eigenvalue weighted by Gasteiger charge is -2.28. The van der Waals surface area contributed by atoms with E-state index in [1.807, 2.05) is 0 Å². The van der Waals surface area contributed by atoms with Gasteiger partial charge in [-0.05, 0) is 47.9 Å². The molecule has 2 aromatic carbocycles. The highest BCUT2D eigenvalue weighted by Gasteiger charge is 2.33. The van der Waals surface area contributed by atoms with Gasteiger partial charge in [-0.15, -0.1) is 13.2 Å². The summed E-state index contributed by atoms with van der Waals surface area (Å²) >= 11 is 0. The Labute approximate surface area is 193 Å². The number of aromatic nitrogens is 1. The Hall–Kier alpha value is -3.79. The molecule has 2 amide bonds. The summed E-state index contributed by atoms with van der Waals surface area (Å²) in [7, 11) is 1.52. The minimum Gasteiger partial charge on any atom is -0.406 e. The number of nitrogens with zero attached hydrogens (tertiary/aromatic N) is 1. The molecule has 3 N–H and O–H groups in total. The minimum atomic E-state index is -4.84. The number of ether oxygens (including phenoxy) is 1. The topological polar surface area (TPSA) is 92.6 Å². The number of hydrogen-bond donors (Lipinski definition) is 3. The van der Waals surface area contributed by atoms with Crippen LogP contribution in [0.3, 0.4) is 0 Å². The first kappa shape index (κ1) is 23.4. The van der Waals surface area contributed by atoms with Gasteiger partial charge < -0.3 is 25.0 Å². The Morgan fingerprint density at radius 3 is 2.56 bits per heavy atom.